The van der Waals surface area contributed by atoms with Crippen LogP contribution in [0.3, 0.4) is 0 Å². The van der Waals surface area contributed by atoms with Crippen molar-refractivity contribution in [2.45, 2.75) is 19.6 Å². The van der Waals surface area contributed by atoms with Gasteiger partial charge >= 0.3 is 22.2 Å². The van der Waals surface area contributed by atoms with Crippen molar-refractivity contribution in [1.29, 1.82) is 0 Å². The zero-order valence-electron chi connectivity index (χ0n) is 15.5. The van der Waals surface area contributed by atoms with Gasteiger partial charge in [-0.3, -0.25) is 0 Å². The van der Waals surface area contributed by atoms with E-state index in [2.05, 4.69) is 5.32 Å². The van der Waals surface area contributed by atoms with Crippen molar-refractivity contribution in [1.82, 2.24) is 5.32 Å². The standard InChI is InChI=1S/C19H21NO7S/c1-3-25-18(21)17(15-9-11-16(12-10-15)27-28(2,23)24)20-19(22)26-13-14-7-5-4-6-8-14/h4-12,17H,3,13H2,1-2H3,(H,20,22). The minimum atomic E-state index is -3.67. The summed E-state index contributed by atoms with van der Waals surface area (Å²) in [6, 6.07) is 13.6. The van der Waals surface area contributed by atoms with Crippen LogP contribution in [0.5, 0.6) is 5.75 Å². The molecule has 0 fully saturated rings. The summed E-state index contributed by atoms with van der Waals surface area (Å²) in [5, 5.41) is 2.46. The normalized spacial score (nSPS) is 11.9. The molecule has 1 N–H and O–H groups in total. The molecule has 0 aliphatic heterocycles. The average molecular weight is 407 g/mol. The third-order valence-electron chi connectivity index (χ3n) is 3.46. The first-order chi connectivity index (χ1) is 13.3. The van der Waals surface area contributed by atoms with E-state index in [1.54, 1.807) is 19.1 Å². The molecule has 1 unspecified atom stereocenters. The SMILES string of the molecule is CCOC(=O)C(NC(=O)OCc1ccccc1)c1ccc(OS(C)(=O)=O)cc1. The van der Waals surface area contributed by atoms with E-state index in [0.717, 1.165) is 11.8 Å². The number of benzene rings is 2. The highest BCUT2D eigenvalue weighted by atomic mass is 32.2. The summed E-state index contributed by atoms with van der Waals surface area (Å²) in [4.78, 5) is 24.4. The molecule has 0 aromatic heterocycles. The fourth-order valence-corrected chi connectivity index (χ4v) is 2.74. The van der Waals surface area contributed by atoms with Gasteiger partial charge in [-0.25, -0.2) is 9.59 Å². The minimum Gasteiger partial charge on any atom is -0.464 e. The number of ether oxygens (including phenoxy) is 2. The van der Waals surface area contributed by atoms with Crippen LogP contribution in [0.15, 0.2) is 54.6 Å². The molecule has 28 heavy (non-hydrogen) atoms. The lowest BCUT2D eigenvalue weighted by molar-refractivity contribution is -0.145. The molecule has 0 aliphatic rings. The topological polar surface area (TPSA) is 108 Å². The summed E-state index contributed by atoms with van der Waals surface area (Å²) in [7, 11) is -3.67. The maximum absolute atomic E-state index is 12.2. The molecule has 150 valence electrons. The van der Waals surface area contributed by atoms with Crippen molar-refractivity contribution >= 4 is 22.2 Å². The second-order valence-electron chi connectivity index (χ2n) is 5.75. The Morgan fingerprint density at radius 3 is 2.21 bits per heavy atom. The van der Waals surface area contributed by atoms with Crippen LogP contribution < -0.4 is 9.50 Å². The van der Waals surface area contributed by atoms with Gasteiger partial charge in [0.1, 0.15) is 12.4 Å². The lowest BCUT2D eigenvalue weighted by Crippen LogP contribution is -2.35. The minimum absolute atomic E-state index is 0.0450. The molecule has 0 spiro atoms. The Kier molecular flexibility index (Phi) is 7.39. The first-order valence-electron chi connectivity index (χ1n) is 8.41. The molecule has 1 atom stereocenters. The molecule has 1 amide bonds. The van der Waals surface area contributed by atoms with Crippen LogP contribution in [0.25, 0.3) is 0 Å². The van der Waals surface area contributed by atoms with E-state index in [9.17, 15) is 18.0 Å². The molecule has 0 saturated heterocycles. The second kappa shape index (κ2) is 9.75. The molecule has 0 aliphatic carbocycles. The van der Waals surface area contributed by atoms with E-state index < -0.39 is 28.2 Å². The zero-order valence-corrected chi connectivity index (χ0v) is 16.3. The third-order valence-corrected chi connectivity index (χ3v) is 3.95. The van der Waals surface area contributed by atoms with Crippen LogP contribution >= 0.6 is 0 Å². The maximum atomic E-state index is 12.2. The number of amides is 1. The molecular weight excluding hydrogens is 386 g/mol. The molecular formula is C19H21NO7S. The number of nitrogens with one attached hydrogen (secondary N) is 1. The predicted molar refractivity (Wildman–Crippen MR) is 101 cm³/mol. The van der Waals surface area contributed by atoms with Gasteiger partial charge in [0.05, 0.1) is 12.9 Å². The van der Waals surface area contributed by atoms with Crippen LogP contribution in [-0.4, -0.2) is 33.3 Å². The quantitative estimate of drug-likeness (QED) is 0.529. The van der Waals surface area contributed by atoms with Gasteiger partial charge < -0.3 is 19.0 Å². The summed E-state index contributed by atoms with van der Waals surface area (Å²) < 4.78 is 37.2. The Bertz CT molecular complexity index is 896. The van der Waals surface area contributed by atoms with Gasteiger partial charge in [-0.15, -0.1) is 0 Å². The van der Waals surface area contributed by atoms with Gasteiger partial charge in [-0.1, -0.05) is 42.5 Å². The molecule has 0 radical (unpaired) electrons. The van der Waals surface area contributed by atoms with Crippen molar-refractivity contribution < 1.29 is 31.7 Å². The monoisotopic (exact) mass is 407 g/mol. The fourth-order valence-electron chi connectivity index (χ4n) is 2.28. The van der Waals surface area contributed by atoms with Crippen molar-refractivity contribution in [3.63, 3.8) is 0 Å². The highest BCUT2D eigenvalue weighted by molar-refractivity contribution is 7.86. The van der Waals surface area contributed by atoms with Crippen molar-refractivity contribution in [2.24, 2.45) is 0 Å². The first-order valence-corrected chi connectivity index (χ1v) is 10.2. The summed E-state index contributed by atoms with van der Waals surface area (Å²) >= 11 is 0. The van der Waals surface area contributed by atoms with Gasteiger partial charge in [-0.2, -0.15) is 8.42 Å². The number of rotatable bonds is 8. The highest BCUT2D eigenvalue weighted by Gasteiger charge is 2.25. The number of carbonyl (C=O) groups excluding carboxylic acids is 2. The van der Waals surface area contributed by atoms with Crippen molar-refractivity contribution in [2.75, 3.05) is 12.9 Å². The Hall–Kier alpha value is -3.07. The van der Waals surface area contributed by atoms with Gasteiger partial charge in [0.2, 0.25) is 0 Å². The van der Waals surface area contributed by atoms with E-state index in [1.807, 2.05) is 18.2 Å². The number of hydrogen-bond donors (Lipinski definition) is 1. The van der Waals surface area contributed by atoms with Gasteiger partial charge in [0.25, 0.3) is 0 Å². The maximum Gasteiger partial charge on any atom is 0.408 e. The lowest BCUT2D eigenvalue weighted by Gasteiger charge is -2.18. The van der Waals surface area contributed by atoms with Crippen LogP contribution in [0.2, 0.25) is 0 Å². The summed E-state index contributed by atoms with van der Waals surface area (Å²) in [6.45, 7) is 1.82. The lowest BCUT2D eigenvalue weighted by atomic mass is 10.1. The Labute approximate surface area is 163 Å². The molecule has 2 aromatic rings. The number of alkyl carbamates (subject to hydrolysis) is 1. The smallest absolute Gasteiger partial charge is 0.408 e. The summed E-state index contributed by atoms with van der Waals surface area (Å²) in [5.41, 5.74) is 1.18. The van der Waals surface area contributed by atoms with Crippen molar-refractivity contribution in [3.8, 4) is 5.75 Å². The van der Waals surface area contributed by atoms with Gasteiger partial charge in [0.15, 0.2) is 6.04 Å². The largest absolute Gasteiger partial charge is 0.464 e. The fraction of sp³-hybridized carbons (Fsp3) is 0.263. The van der Waals surface area contributed by atoms with Crippen LogP contribution in [0.4, 0.5) is 4.79 Å². The summed E-state index contributed by atoms with van der Waals surface area (Å²) in [5.74, 6) is -0.587. The summed E-state index contributed by atoms with van der Waals surface area (Å²) in [6.07, 6.45) is 0.130. The molecule has 0 saturated carbocycles. The average Bonchev–Trinajstić information content (AvgIpc) is 2.65. The number of carbonyl (C=O) groups is 2. The molecule has 0 heterocycles. The van der Waals surface area contributed by atoms with E-state index >= 15 is 0 Å². The van der Waals surface area contributed by atoms with E-state index in [4.69, 9.17) is 13.7 Å². The molecule has 8 nitrogen and oxygen atoms in total. The van der Waals surface area contributed by atoms with Gasteiger partial charge in [0, 0.05) is 0 Å². The van der Waals surface area contributed by atoms with Crippen LogP contribution in [0, 0.1) is 0 Å². The van der Waals surface area contributed by atoms with Crippen LogP contribution in [-0.2, 0) is 31.0 Å². The Balaban J connectivity index is 2.08. The van der Waals surface area contributed by atoms with E-state index in [1.165, 1.54) is 24.3 Å². The Morgan fingerprint density at radius 1 is 1.00 bits per heavy atom. The van der Waals surface area contributed by atoms with Crippen molar-refractivity contribution in [3.05, 3.63) is 65.7 Å². The highest BCUT2D eigenvalue weighted by Crippen LogP contribution is 2.20. The second-order valence-corrected chi connectivity index (χ2v) is 7.32. The molecule has 2 aromatic carbocycles. The zero-order chi connectivity index (χ0) is 20.6. The number of hydrogen-bond acceptors (Lipinski definition) is 7. The molecule has 9 heteroatoms. The third kappa shape index (κ3) is 6.92. The van der Waals surface area contributed by atoms with E-state index in [-0.39, 0.29) is 19.0 Å². The molecule has 2 rings (SSSR count). The molecule has 0 bridgehead atoms. The predicted octanol–water partition coefficient (Wildman–Crippen LogP) is 2.56. The van der Waals surface area contributed by atoms with Gasteiger partial charge in [-0.05, 0) is 30.2 Å². The number of esters is 1. The van der Waals surface area contributed by atoms with E-state index in [0.29, 0.717) is 5.56 Å². The first kappa shape index (κ1) is 21.2. The Morgan fingerprint density at radius 2 is 1.64 bits per heavy atom. The van der Waals surface area contributed by atoms with Crippen LogP contribution in [0.1, 0.15) is 24.1 Å².